The first-order valence-electron chi connectivity index (χ1n) is 11.7. The molecule has 1 unspecified atom stereocenters. The molecule has 0 aliphatic carbocycles. The first kappa shape index (κ1) is 24.0. The van der Waals surface area contributed by atoms with E-state index in [9.17, 15) is 4.79 Å². The fourth-order valence-electron chi connectivity index (χ4n) is 3.22. The van der Waals surface area contributed by atoms with Crippen LogP contribution in [0, 0.1) is 5.92 Å². The van der Waals surface area contributed by atoms with Crippen molar-refractivity contribution in [3.8, 4) is 11.5 Å². The molecule has 0 saturated carbocycles. The number of hydrogen-bond donors (Lipinski definition) is 0. The highest BCUT2D eigenvalue weighted by atomic mass is 16.5. The van der Waals surface area contributed by atoms with Gasteiger partial charge in [-0.2, -0.15) is 0 Å². The minimum Gasteiger partial charge on any atom is -0.493 e. The first-order chi connectivity index (χ1) is 14.6. The van der Waals surface area contributed by atoms with E-state index in [0.717, 1.165) is 18.6 Å². The van der Waals surface area contributed by atoms with Crippen molar-refractivity contribution in [3.63, 3.8) is 0 Å². The minimum atomic E-state index is -0.328. The third-order valence-electron chi connectivity index (χ3n) is 5.52. The Bertz CT molecular complexity index is 719. The molecule has 0 radical (unpaired) electrons. The molecule has 0 N–H and O–H groups in total. The number of hydrogen-bond acceptors (Lipinski definition) is 3. The lowest BCUT2D eigenvalue weighted by atomic mass is 10.0. The fourth-order valence-corrected chi connectivity index (χ4v) is 3.22. The van der Waals surface area contributed by atoms with E-state index in [0.29, 0.717) is 23.8 Å². The van der Waals surface area contributed by atoms with Crippen molar-refractivity contribution >= 4 is 5.97 Å². The van der Waals surface area contributed by atoms with Crippen molar-refractivity contribution in [2.75, 3.05) is 6.61 Å². The maximum Gasteiger partial charge on any atom is 0.343 e. The van der Waals surface area contributed by atoms with Crippen LogP contribution in [0.25, 0.3) is 0 Å². The molecule has 0 saturated heterocycles. The molecule has 0 aliphatic rings. The van der Waals surface area contributed by atoms with Gasteiger partial charge in [0.25, 0.3) is 0 Å². The number of carbonyl (C=O) groups excluding carboxylic acids is 1. The van der Waals surface area contributed by atoms with E-state index >= 15 is 0 Å². The summed E-state index contributed by atoms with van der Waals surface area (Å²) in [4.78, 5) is 12.4. The maximum atomic E-state index is 12.4. The Labute approximate surface area is 182 Å². The smallest absolute Gasteiger partial charge is 0.343 e. The number of ether oxygens (including phenoxy) is 2. The van der Waals surface area contributed by atoms with E-state index in [4.69, 9.17) is 9.47 Å². The van der Waals surface area contributed by atoms with Crippen LogP contribution in [0.1, 0.15) is 88.1 Å². The number of aryl methyl sites for hydroxylation is 1. The van der Waals surface area contributed by atoms with E-state index < -0.39 is 0 Å². The van der Waals surface area contributed by atoms with Gasteiger partial charge in [0.05, 0.1) is 12.2 Å². The summed E-state index contributed by atoms with van der Waals surface area (Å²) < 4.78 is 11.2. The zero-order chi connectivity index (χ0) is 21.6. The largest absolute Gasteiger partial charge is 0.493 e. The van der Waals surface area contributed by atoms with Gasteiger partial charge < -0.3 is 9.47 Å². The predicted molar refractivity (Wildman–Crippen MR) is 124 cm³/mol. The van der Waals surface area contributed by atoms with Crippen LogP contribution in [0.3, 0.4) is 0 Å². The SMILES string of the molecule is CCCCCCCCCc1ccc(C(=O)Oc2ccc(OCC(C)CC)cc2)cc1. The topological polar surface area (TPSA) is 35.5 Å². The molecule has 0 spiro atoms. The van der Waals surface area contributed by atoms with Crippen LogP contribution in [0.5, 0.6) is 11.5 Å². The van der Waals surface area contributed by atoms with Crippen LogP contribution in [0.4, 0.5) is 0 Å². The predicted octanol–water partition coefficient (Wildman–Crippen LogP) is 7.62. The van der Waals surface area contributed by atoms with Crippen LogP contribution < -0.4 is 9.47 Å². The summed E-state index contributed by atoms with van der Waals surface area (Å²) in [6, 6.07) is 15.0. The minimum absolute atomic E-state index is 0.328. The molecular formula is C27H38O3. The average molecular weight is 411 g/mol. The van der Waals surface area contributed by atoms with Gasteiger partial charge in [-0.15, -0.1) is 0 Å². The second-order valence-corrected chi connectivity index (χ2v) is 8.25. The molecule has 0 amide bonds. The Morgan fingerprint density at radius 1 is 0.800 bits per heavy atom. The molecule has 0 bridgehead atoms. The summed E-state index contributed by atoms with van der Waals surface area (Å²) in [5, 5.41) is 0. The van der Waals surface area contributed by atoms with Gasteiger partial charge in [-0.05, 0) is 60.7 Å². The number of benzene rings is 2. The molecule has 0 aromatic heterocycles. The van der Waals surface area contributed by atoms with E-state index in [1.54, 1.807) is 12.1 Å². The Morgan fingerprint density at radius 3 is 2.03 bits per heavy atom. The number of rotatable bonds is 14. The lowest BCUT2D eigenvalue weighted by Gasteiger charge is -2.11. The Morgan fingerprint density at radius 2 is 1.40 bits per heavy atom. The Kier molecular flexibility index (Phi) is 11.1. The van der Waals surface area contributed by atoms with E-state index in [-0.39, 0.29) is 5.97 Å². The molecule has 0 aliphatic heterocycles. The molecule has 2 aromatic rings. The summed E-state index contributed by atoms with van der Waals surface area (Å²) in [7, 11) is 0. The molecule has 164 valence electrons. The van der Waals surface area contributed by atoms with Gasteiger partial charge in [0.2, 0.25) is 0 Å². The highest BCUT2D eigenvalue weighted by molar-refractivity contribution is 5.91. The Hall–Kier alpha value is -2.29. The van der Waals surface area contributed by atoms with E-state index in [2.05, 4.69) is 20.8 Å². The molecular weight excluding hydrogens is 372 g/mol. The van der Waals surface area contributed by atoms with Gasteiger partial charge in [0.15, 0.2) is 0 Å². The normalized spacial score (nSPS) is 11.8. The van der Waals surface area contributed by atoms with Gasteiger partial charge in [0.1, 0.15) is 11.5 Å². The summed E-state index contributed by atoms with van der Waals surface area (Å²) in [6.45, 7) is 7.26. The highest BCUT2D eigenvalue weighted by Gasteiger charge is 2.09. The third kappa shape index (κ3) is 9.02. The number of esters is 1. The van der Waals surface area contributed by atoms with Crippen molar-refractivity contribution in [1.82, 2.24) is 0 Å². The van der Waals surface area contributed by atoms with E-state index in [1.807, 2.05) is 36.4 Å². The summed E-state index contributed by atoms with van der Waals surface area (Å²) >= 11 is 0. The van der Waals surface area contributed by atoms with Gasteiger partial charge >= 0.3 is 5.97 Å². The number of unbranched alkanes of at least 4 members (excludes halogenated alkanes) is 6. The molecule has 2 rings (SSSR count). The van der Waals surface area contributed by atoms with Crippen LogP contribution in [-0.2, 0) is 6.42 Å². The lowest BCUT2D eigenvalue weighted by molar-refractivity contribution is 0.0734. The maximum absolute atomic E-state index is 12.4. The van der Waals surface area contributed by atoms with Crippen molar-refractivity contribution in [3.05, 3.63) is 59.7 Å². The Balaban J connectivity index is 1.73. The summed E-state index contributed by atoms with van der Waals surface area (Å²) in [5.74, 6) is 1.52. The molecule has 3 nitrogen and oxygen atoms in total. The van der Waals surface area contributed by atoms with Crippen LogP contribution >= 0.6 is 0 Å². The molecule has 1 atom stereocenters. The quantitative estimate of drug-likeness (QED) is 0.182. The first-order valence-corrected chi connectivity index (χ1v) is 11.7. The second-order valence-electron chi connectivity index (χ2n) is 8.25. The second kappa shape index (κ2) is 13.8. The zero-order valence-corrected chi connectivity index (χ0v) is 19.0. The number of carbonyl (C=O) groups is 1. The van der Waals surface area contributed by atoms with Crippen molar-refractivity contribution in [2.45, 2.75) is 78.6 Å². The molecule has 3 heteroatoms. The molecule has 0 fully saturated rings. The van der Waals surface area contributed by atoms with Gasteiger partial charge in [0, 0.05) is 0 Å². The van der Waals surface area contributed by atoms with Crippen LogP contribution in [-0.4, -0.2) is 12.6 Å². The van der Waals surface area contributed by atoms with E-state index in [1.165, 1.54) is 50.5 Å². The standard InChI is InChI=1S/C27H38O3/c1-4-6-7-8-9-10-11-12-23-13-15-24(16-14-23)27(28)30-26-19-17-25(18-20-26)29-21-22(3)5-2/h13-20,22H,4-12,21H2,1-3H3. The molecule has 30 heavy (non-hydrogen) atoms. The summed E-state index contributed by atoms with van der Waals surface area (Å²) in [5.41, 5.74) is 1.86. The lowest BCUT2D eigenvalue weighted by Crippen LogP contribution is -2.09. The van der Waals surface area contributed by atoms with Crippen molar-refractivity contribution in [1.29, 1.82) is 0 Å². The van der Waals surface area contributed by atoms with Crippen molar-refractivity contribution in [2.24, 2.45) is 5.92 Å². The highest BCUT2D eigenvalue weighted by Crippen LogP contribution is 2.20. The average Bonchev–Trinajstić information content (AvgIpc) is 2.78. The van der Waals surface area contributed by atoms with Gasteiger partial charge in [-0.25, -0.2) is 4.79 Å². The van der Waals surface area contributed by atoms with Crippen molar-refractivity contribution < 1.29 is 14.3 Å². The zero-order valence-electron chi connectivity index (χ0n) is 19.0. The monoisotopic (exact) mass is 410 g/mol. The summed E-state index contributed by atoms with van der Waals surface area (Å²) in [6.07, 6.45) is 11.3. The molecule has 0 heterocycles. The fraction of sp³-hybridized carbons (Fsp3) is 0.519. The molecule has 2 aromatic carbocycles. The van der Waals surface area contributed by atoms with Crippen LogP contribution in [0.2, 0.25) is 0 Å². The van der Waals surface area contributed by atoms with Crippen LogP contribution in [0.15, 0.2) is 48.5 Å². The third-order valence-corrected chi connectivity index (χ3v) is 5.52. The van der Waals surface area contributed by atoms with Gasteiger partial charge in [-0.3, -0.25) is 0 Å². The van der Waals surface area contributed by atoms with Gasteiger partial charge in [-0.1, -0.05) is 77.8 Å².